The number of carbonyl (C=O) groups is 1. The van der Waals surface area contributed by atoms with E-state index < -0.39 is 0 Å². The van der Waals surface area contributed by atoms with Crippen molar-refractivity contribution in [2.75, 3.05) is 0 Å². The van der Waals surface area contributed by atoms with E-state index in [1.165, 1.54) is 0 Å². The standard InChI is InChI=1S/C23H21NO/c1-4-18-13-22(24-15-16(18)2)23(25)14-20-11-8-12-21(17(20)3)19-9-6-5-7-10-19/h4-13,15H,1,14H2,2-3H3. The van der Waals surface area contributed by atoms with Crippen LogP contribution < -0.4 is 0 Å². The molecule has 2 heteroatoms. The Balaban J connectivity index is 1.91. The second kappa shape index (κ2) is 7.27. The molecule has 1 heterocycles. The van der Waals surface area contributed by atoms with Gasteiger partial charge in [0.05, 0.1) is 0 Å². The van der Waals surface area contributed by atoms with Crippen molar-refractivity contribution in [2.45, 2.75) is 20.3 Å². The minimum Gasteiger partial charge on any atom is -0.292 e. The molecular weight excluding hydrogens is 306 g/mol. The summed E-state index contributed by atoms with van der Waals surface area (Å²) in [6.45, 7) is 7.83. The normalized spacial score (nSPS) is 10.5. The summed E-state index contributed by atoms with van der Waals surface area (Å²) in [5.41, 5.74) is 6.96. The number of aryl methyl sites for hydroxylation is 1. The van der Waals surface area contributed by atoms with Gasteiger partial charge in [-0.1, -0.05) is 61.2 Å². The van der Waals surface area contributed by atoms with Gasteiger partial charge in [0, 0.05) is 12.6 Å². The molecule has 0 aliphatic heterocycles. The maximum absolute atomic E-state index is 12.7. The molecule has 0 radical (unpaired) electrons. The third-order valence-electron chi connectivity index (χ3n) is 4.53. The van der Waals surface area contributed by atoms with Crippen molar-refractivity contribution in [2.24, 2.45) is 0 Å². The summed E-state index contributed by atoms with van der Waals surface area (Å²) < 4.78 is 0. The highest BCUT2D eigenvalue weighted by Crippen LogP contribution is 2.26. The molecule has 0 saturated heterocycles. The molecule has 0 amide bonds. The van der Waals surface area contributed by atoms with E-state index in [9.17, 15) is 4.79 Å². The summed E-state index contributed by atoms with van der Waals surface area (Å²) in [5.74, 6) is 0.0245. The SMILES string of the molecule is C=Cc1cc(C(=O)Cc2cccc(-c3ccccc3)c2C)ncc1C. The first-order valence-corrected chi connectivity index (χ1v) is 8.36. The lowest BCUT2D eigenvalue weighted by molar-refractivity contribution is 0.0988. The minimum atomic E-state index is 0.0245. The number of hydrogen-bond acceptors (Lipinski definition) is 2. The van der Waals surface area contributed by atoms with Crippen LogP contribution in [0.15, 0.2) is 67.4 Å². The van der Waals surface area contributed by atoms with Crippen molar-refractivity contribution < 1.29 is 4.79 Å². The molecule has 124 valence electrons. The Morgan fingerprint density at radius 1 is 1.08 bits per heavy atom. The highest BCUT2D eigenvalue weighted by atomic mass is 16.1. The average molecular weight is 327 g/mol. The third-order valence-corrected chi connectivity index (χ3v) is 4.53. The van der Waals surface area contributed by atoms with Crippen molar-refractivity contribution >= 4 is 11.9 Å². The van der Waals surface area contributed by atoms with E-state index in [1.54, 1.807) is 12.3 Å². The van der Waals surface area contributed by atoms with Crippen molar-refractivity contribution in [3.8, 4) is 11.1 Å². The van der Waals surface area contributed by atoms with E-state index in [2.05, 4.69) is 36.7 Å². The fourth-order valence-electron chi connectivity index (χ4n) is 2.98. The topological polar surface area (TPSA) is 30.0 Å². The Morgan fingerprint density at radius 2 is 1.84 bits per heavy atom. The Hall–Kier alpha value is -3.00. The lowest BCUT2D eigenvalue weighted by Gasteiger charge is -2.11. The van der Waals surface area contributed by atoms with Crippen molar-refractivity contribution in [3.05, 3.63) is 95.3 Å². The highest BCUT2D eigenvalue weighted by Gasteiger charge is 2.13. The molecule has 0 bridgehead atoms. The Morgan fingerprint density at radius 3 is 2.56 bits per heavy atom. The summed E-state index contributed by atoms with van der Waals surface area (Å²) >= 11 is 0. The van der Waals surface area contributed by atoms with Gasteiger partial charge >= 0.3 is 0 Å². The fraction of sp³-hybridized carbons (Fsp3) is 0.130. The van der Waals surface area contributed by atoms with E-state index in [1.807, 2.05) is 43.3 Å². The second-order valence-electron chi connectivity index (χ2n) is 6.19. The van der Waals surface area contributed by atoms with Gasteiger partial charge in [-0.25, -0.2) is 0 Å². The molecule has 0 fully saturated rings. The van der Waals surface area contributed by atoms with E-state index in [0.717, 1.165) is 33.4 Å². The molecule has 3 aromatic rings. The molecule has 0 unspecified atom stereocenters. The van der Waals surface area contributed by atoms with Crippen LogP contribution in [-0.4, -0.2) is 10.8 Å². The van der Waals surface area contributed by atoms with Gasteiger partial charge in [0.1, 0.15) is 5.69 Å². The Bertz CT molecular complexity index is 926. The van der Waals surface area contributed by atoms with Gasteiger partial charge in [0.2, 0.25) is 0 Å². The number of carbonyl (C=O) groups excluding carboxylic acids is 1. The van der Waals surface area contributed by atoms with Crippen LogP contribution in [0.1, 0.15) is 32.7 Å². The van der Waals surface area contributed by atoms with Crippen LogP contribution in [0.3, 0.4) is 0 Å². The van der Waals surface area contributed by atoms with Crippen LogP contribution in [0.2, 0.25) is 0 Å². The van der Waals surface area contributed by atoms with Crippen LogP contribution in [0, 0.1) is 13.8 Å². The first kappa shape index (κ1) is 16.8. The van der Waals surface area contributed by atoms with E-state index >= 15 is 0 Å². The Kier molecular flexibility index (Phi) is 4.90. The molecule has 3 rings (SSSR count). The molecule has 1 aromatic heterocycles. The summed E-state index contributed by atoms with van der Waals surface area (Å²) in [7, 11) is 0. The van der Waals surface area contributed by atoms with Gasteiger partial charge in [-0.2, -0.15) is 0 Å². The number of hydrogen-bond donors (Lipinski definition) is 0. The van der Waals surface area contributed by atoms with Gasteiger partial charge in [0.15, 0.2) is 5.78 Å². The summed E-state index contributed by atoms with van der Waals surface area (Å²) in [6.07, 6.45) is 3.84. The van der Waals surface area contributed by atoms with Crippen molar-refractivity contribution in [1.82, 2.24) is 4.98 Å². The number of Topliss-reactive ketones (excluding diaryl/α,β-unsaturated/α-hetero) is 1. The molecule has 0 atom stereocenters. The number of pyridine rings is 1. The molecule has 2 nitrogen and oxygen atoms in total. The monoisotopic (exact) mass is 327 g/mol. The smallest absolute Gasteiger partial charge is 0.185 e. The lowest BCUT2D eigenvalue weighted by atomic mass is 9.93. The zero-order valence-corrected chi connectivity index (χ0v) is 14.6. The van der Waals surface area contributed by atoms with Gasteiger partial charge in [0.25, 0.3) is 0 Å². The third kappa shape index (κ3) is 3.58. The fourth-order valence-corrected chi connectivity index (χ4v) is 2.98. The average Bonchev–Trinajstić information content (AvgIpc) is 2.64. The molecule has 2 aromatic carbocycles. The van der Waals surface area contributed by atoms with Crippen LogP contribution in [0.4, 0.5) is 0 Å². The number of rotatable bonds is 5. The van der Waals surface area contributed by atoms with E-state index in [-0.39, 0.29) is 5.78 Å². The lowest BCUT2D eigenvalue weighted by Crippen LogP contribution is -2.08. The van der Waals surface area contributed by atoms with Gasteiger partial charge in [-0.15, -0.1) is 0 Å². The quantitative estimate of drug-likeness (QED) is 0.585. The minimum absolute atomic E-state index is 0.0245. The zero-order valence-electron chi connectivity index (χ0n) is 14.6. The molecule has 0 aliphatic rings. The Labute approximate surface area is 148 Å². The predicted molar refractivity (Wildman–Crippen MR) is 104 cm³/mol. The molecule has 0 aliphatic carbocycles. The van der Waals surface area contributed by atoms with Crippen LogP contribution in [-0.2, 0) is 6.42 Å². The van der Waals surface area contributed by atoms with Crippen LogP contribution in [0.25, 0.3) is 17.2 Å². The summed E-state index contributed by atoms with van der Waals surface area (Å²) in [6, 6.07) is 18.2. The molecule has 0 spiro atoms. The van der Waals surface area contributed by atoms with Gasteiger partial charge in [-0.05, 0) is 53.3 Å². The predicted octanol–water partition coefficient (Wildman–Crippen LogP) is 5.43. The van der Waals surface area contributed by atoms with Crippen molar-refractivity contribution in [1.29, 1.82) is 0 Å². The molecule has 0 saturated carbocycles. The zero-order chi connectivity index (χ0) is 17.8. The summed E-state index contributed by atoms with van der Waals surface area (Å²) in [4.78, 5) is 17.0. The summed E-state index contributed by atoms with van der Waals surface area (Å²) in [5, 5.41) is 0. The highest BCUT2D eigenvalue weighted by molar-refractivity contribution is 5.96. The maximum atomic E-state index is 12.7. The van der Waals surface area contributed by atoms with E-state index in [4.69, 9.17) is 0 Å². The number of ketones is 1. The van der Waals surface area contributed by atoms with Crippen LogP contribution >= 0.6 is 0 Å². The van der Waals surface area contributed by atoms with Gasteiger partial charge < -0.3 is 0 Å². The maximum Gasteiger partial charge on any atom is 0.185 e. The first-order chi connectivity index (χ1) is 12.1. The number of benzene rings is 2. The molecule has 0 N–H and O–H groups in total. The number of nitrogens with zero attached hydrogens (tertiary/aromatic N) is 1. The number of aromatic nitrogens is 1. The molecule has 25 heavy (non-hydrogen) atoms. The molecular formula is C23H21NO. The second-order valence-corrected chi connectivity index (χ2v) is 6.19. The van der Waals surface area contributed by atoms with Crippen molar-refractivity contribution in [3.63, 3.8) is 0 Å². The van der Waals surface area contributed by atoms with E-state index in [0.29, 0.717) is 12.1 Å². The largest absolute Gasteiger partial charge is 0.292 e. The first-order valence-electron chi connectivity index (χ1n) is 8.36. The van der Waals surface area contributed by atoms with Crippen LogP contribution in [0.5, 0.6) is 0 Å². The van der Waals surface area contributed by atoms with Gasteiger partial charge in [-0.3, -0.25) is 9.78 Å².